The second-order valence-electron chi connectivity index (χ2n) is 9.13. The van der Waals surface area contributed by atoms with Gasteiger partial charge in [-0.25, -0.2) is 9.79 Å². The van der Waals surface area contributed by atoms with E-state index in [0.29, 0.717) is 42.3 Å². The van der Waals surface area contributed by atoms with Crippen molar-refractivity contribution in [2.45, 2.75) is 33.7 Å². The molecule has 9 nitrogen and oxygen atoms in total. The molecule has 0 saturated carbocycles. The van der Waals surface area contributed by atoms with Gasteiger partial charge in [-0.1, -0.05) is 27.3 Å². The maximum Gasteiger partial charge on any atom is 0.338 e. The highest BCUT2D eigenvalue weighted by Crippen LogP contribution is 2.40. The molecule has 2 heterocycles. The van der Waals surface area contributed by atoms with Crippen LogP contribution in [0, 0.1) is 0 Å². The maximum absolute atomic E-state index is 14.1. The summed E-state index contributed by atoms with van der Waals surface area (Å²) in [4.78, 5) is 34.7. The number of esters is 1. The van der Waals surface area contributed by atoms with Crippen molar-refractivity contribution in [3.05, 3.63) is 76.9 Å². The Hall–Kier alpha value is -3.57. The summed E-state index contributed by atoms with van der Waals surface area (Å²) in [6, 6.07) is 8.64. The van der Waals surface area contributed by atoms with Crippen LogP contribution in [0.3, 0.4) is 0 Å². The summed E-state index contributed by atoms with van der Waals surface area (Å²) in [6.07, 6.45) is 1.80. The summed E-state index contributed by atoms with van der Waals surface area (Å²) in [5.74, 6) is 1.09. The maximum atomic E-state index is 14.1. The fraction of sp³-hybridized carbons (Fsp3) is 0.367. The summed E-state index contributed by atoms with van der Waals surface area (Å²) in [5.41, 5.74) is 2.90. The Kier molecular flexibility index (Phi) is 9.60. The Labute approximate surface area is 251 Å². The summed E-state index contributed by atoms with van der Waals surface area (Å²) in [7, 11) is 4.70. The molecule has 0 N–H and O–H groups in total. The second-order valence-corrected chi connectivity index (χ2v) is 11.0. The Morgan fingerprint density at radius 3 is 2.32 bits per heavy atom. The average Bonchev–Trinajstić information content (AvgIpc) is 3.27. The molecule has 1 aromatic heterocycles. The van der Waals surface area contributed by atoms with Crippen molar-refractivity contribution < 1.29 is 23.7 Å². The van der Waals surface area contributed by atoms with Crippen LogP contribution in [0.15, 0.2) is 55.9 Å². The van der Waals surface area contributed by atoms with Crippen LogP contribution < -0.4 is 34.0 Å². The highest BCUT2D eigenvalue weighted by Gasteiger charge is 2.35. The van der Waals surface area contributed by atoms with E-state index in [2.05, 4.69) is 39.7 Å². The lowest BCUT2D eigenvalue weighted by atomic mass is 9.95. The minimum atomic E-state index is -0.812. The average molecular weight is 645 g/mol. The first-order valence-electron chi connectivity index (χ1n) is 13.3. The second kappa shape index (κ2) is 12.9. The van der Waals surface area contributed by atoms with Gasteiger partial charge in [-0.3, -0.25) is 9.36 Å². The molecule has 0 fully saturated rings. The van der Waals surface area contributed by atoms with Crippen molar-refractivity contribution >= 4 is 45.0 Å². The third-order valence-electron chi connectivity index (χ3n) is 6.95. The van der Waals surface area contributed by atoms with Crippen molar-refractivity contribution in [3.8, 4) is 17.2 Å². The SMILES string of the molecule is CCOC(=O)C1=C(C)N=c2s/c(=C/c3ccc(N(CC)CC)cc3OC)c(=O)n2[C@@H]1c1cc(OC)c(OC)cc1Br. The highest BCUT2D eigenvalue weighted by molar-refractivity contribution is 9.10. The first-order chi connectivity index (χ1) is 19.7. The van der Waals surface area contributed by atoms with Crippen molar-refractivity contribution in [2.75, 3.05) is 45.9 Å². The van der Waals surface area contributed by atoms with E-state index in [1.807, 2.05) is 18.2 Å². The minimum Gasteiger partial charge on any atom is -0.496 e. The number of methoxy groups -OCH3 is 3. The van der Waals surface area contributed by atoms with Crippen molar-refractivity contribution in [1.29, 1.82) is 0 Å². The smallest absolute Gasteiger partial charge is 0.338 e. The quantitative estimate of drug-likeness (QED) is 0.302. The van der Waals surface area contributed by atoms with Crippen molar-refractivity contribution in [1.82, 2.24) is 4.57 Å². The molecular weight excluding hydrogens is 610 g/mol. The molecule has 4 rings (SSSR count). The number of carbonyl (C=O) groups is 1. The predicted molar refractivity (Wildman–Crippen MR) is 164 cm³/mol. The fourth-order valence-corrected chi connectivity index (χ4v) is 6.49. The molecule has 1 atom stereocenters. The van der Waals surface area contributed by atoms with Gasteiger partial charge in [-0.05, 0) is 63.6 Å². The van der Waals surface area contributed by atoms with Gasteiger partial charge < -0.3 is 23.8 Å². The Morgan fingerprint density at radius 1 is 1.05 bits per heavy atom. The molecule has 0 saturated heterocycles. The molecule has 1 aliphatic heterocycles. The number of allylic oxidation sites excluding steroid dienone is 1. The molecule has 3 aromatic rings. The molecule has 0 radical (unpaired) electrons. The third kappa shape index (κ3) is 5.78. The van der Waals surface area contributed by atoms with Crippen LogP contribution in [0.25, 0.3) is 6.08 Å². The molecule has 41 heavy (non-hydrogen) atoms. The lowest BCUT2D eigenvalue weighted by Gasteiger charge is -2.26. The lowest BCUT2D eigenvalue weighted by Crippen LogP contribution is -2.40. The number of nitrogens with zero attached hydrogens (tertiary/aromatic N) is 3. The van der Waals surface area contributed by atoms with E-state index in [4.69, 9.17) is 18.9 Å². The van der Waals surface area contributed by atoms with Crippen molar-refractivity contribution in [3.63, 3.8) is 0 Å². The molecule has 0 aliphatic carbocycles. The van der Waals surface area contributed by atoms with Gasteiger partial charge in [0.1, 0.15) is 5.75 Å². The number of hydrogen-bond acceptors (Lipinski definition) is 9. The van der Waals surface area contributed by atoms with E-state index in [9.17, 15) is 9.59 Å². The molecule has 1 aliphatic rings. The summed E-state index contributed by atoms with van der Waals surface area (Å²) in [6.45, 7) is 9.61. The Morgan fingerprint density at radius 2 is 1.71 bits per heavy atom. The number of halogens is 1. The zero-order chi connectivity index (χ0) is 29.8. The van der Waals surface area contributed by atoms with Gasteiger partial charge >= 0.3 is 5.97 Å². The van der Waals surface area contributed by atoms with Crippen molar-refractivity contribution in [2.24, 2.45) is 4.99 Å². The molecular formula is C30H34BrN3O6S. The molecule has 11 heteroatoms. The minimum absolute atomic E-state index is 0.184. The summed E-state index contributed by atoms with van der Waals surface area (Å²) in [5, 5.41) is 0. The van der Waals surface area contributed by atoms with Crippen LogP contribution in [0.2, 0.25) is 0 Å². The van der Waals surface area contributed by atoms with Crippen LogP contribution in [0.4, 0.5) is 5.69 Å². The number of ether oxygens (including phenoxy) is 4. The number of thiazole rings is 1. The number of benzene rings is 2. The molecule has 0 unspecified atom stereocenters. The molecule has 218 valence electrons. The van der Waals surface area contributed by atoms with E-state index in [0.717, 1.165) is 24.3 Å². The zero-order valence-electron chi connectivity index (χ0n) is 24.2. The standard InChI is InChI=1S/C30H34BrN3O6S/c1-8-33(9-2)19-12-11-18(22(14-19)37-5)13-25-28(35)34-27(20-15-23(38-6)24(39-7)16-21(20)31)26(29(36)40-10-3)17(4)32-30(34)41-25/h11-16,27H,8-10H2,1-7H3/b25-13+/t27-/m1/s1. The van der Waals surface area contributed by atoms with Gasteiger partial charge in [0, 0.05) is 34.9 Å². The van der Waals surface area contributed by atoms with E-state index >= 15 is 0 Å². The molecule has 0 amide bonds. The van der Waals surface area contributed by atoms with Gasteiger partial charge in [0.25, 0.3) is 5.56 Å². The third-order valence-corrected chi connectivity index (χ3v) is 8.62. The Bertz CT molecular complexity index is 1670. The fourth-order valence-electron chi connectivity index (χ4n) is 4.91. The predicted octanol–water partition coefficient (Wildman–Crippen LogP) is 4.43. The zero-order valence-corrected chi connectivity index (χ0v) is 26.6. The monoisotopic (exact) mass is 643 g/mol. The molecule has 0 bridgehead atoms. The van der Waals surface area contributed by atoms with Gasteiger partial charge in [-0.15, -0.1) is 0 Å². The first kappa shape index (κ1) is 30.4. The number of aromatic nitrogens is 1. The van der Waals surface area contributed by atoms with Gasteiger partial charge in [-0.2, -0.15) is 0 Å². The van der Waals surface area contributed by atoms with Crippen LogP contribution in [0.5, 0.6) is 17.2 Å². The van der Waals surface area contributed by atoms with Gasteiger partial charge in [0.05, 0.1) is 49.8 Å². The van der Waals surface area contributed by atoms with Crippen LogP contribution in [-0.4, -0.2) is 51.6 Å². The topological polar surface area (TPSA) is 91.6 Å². The summed E-state index contributed by atoms with van der Waals surface area (Å²) >= 11 is 4.88. The number of hydrogen-bond donors (Lipinski definition) is 0. The summed E-state index contributed by atoms with van der Waals surface area (Å²) < 4.78 is 24.8. The number of carbonyl (C=O) groups excluding carboxylic acids is 1. The largest absolute Gasteiger partial charge is 0.496 e. The normalized spacial score (nSPS) is 14.8. The number of rotatable bonds is 10. The van der Waals surface area contributed by atoms with Crippen LogP contribution >= 0.6 is 27.3 Å². The van der Waals surface area contributed by atoms with Gasteiger partial charge in [0.15, 0.2) is 16.3 Å². The van der Waals surface area contributed by atoms with E-state index < -0.39 is 12.0 Å². The number of fused-ring (bicyclic) bond motifs is 1. The number of anilines is 1. The first-order valence-corrected chi connectivity index (χ1v) is 14.9. The highest BCUT2D eigenvalue weighted by atomic mass is 79.9. The van der Waals surface area contributed by atoms with Gasteiger partial charge in [0.2, 0.25) is 0 Å². The van der Waals surface area contributed by atoms with Crippen LogP contribution in [0.1, 0.15) is 44.9 Å². The Balaban J connectivity index is 1.97. The van der Waals surface area contributed by atoms with E-state index in [1.54, 1.807) is 50.8 Å². The molecule has 2 aromatic carbocycles. The lowest BCUT2D eigenvalue weighted by molar-refractivity contribution is -0.139. The molecule has 0 spiro atoms. The van der Waals surface area contributed by atoms with Crippen LogP contribution in [-0.2, 0) is 9.53 Å². The van der Waals surface area contributed by atoms with E-state index in [1.165, 1.54) is 18.4 Å². The van der Waals surface area contributed by atoms with E-state index in [-0.39, 0.29) is 17.7 Å².